The van der Waals surface area contributed by atoms with E-state index in [1.165, 1.54) is 6.42 Å². The first-order valence-corrected chi connectivity index (χ1v) is 7.11. The average molecular weight is 237 g/mol. The molecule has 0 aromatic heterocycles. The predicted molar refractivity (Wildman–Crippen MR) is 65.4 cm³/mol. The highest BCUT2D eigenvalue weighted by atomic mass is 16.3. The second-order valence-electron chi connectivity index (χ2n) is 6.29. The van der Waals surface area contributed by atoms with Crippen LogP contribution in [-0.2, 0) is 4.79 Å². The van der Waals surface area contributed by atoms with Crippen LogP contribution in [0.15, 0.2) is 0 Å². The quantitative estimate of drug-likeness (QED) is 0.795. The fourth-order valence-electron chi connectivity index (χ4n) is 3.91. The van der Waals surface area contributed by atoms with Crippen LogP contribution in [0.5, 0.6) is 0 Å². The molecular formula is C14H23NO2. The Balaban J connectivity index is 1.60. The normalized spacial score (nSPS) is 44.2. The lowest BCUT2D eigenvalue weighted by Gasteiger charge is -2.36. The Kier molecular flexibility index (Phi) is 2.89. The fraction of sp³-hybridized carbons (Fsp3) is 0.929. The summed E-state index contributed by atoms with van der Waals surface area (Å²) in [7, 11) is 1.89. The lowest BCUT2D eigenvalue weighted by atomic mass is 9.90. The zero-order valence-corrected chi connectivity index (χ0v) is 10.6. The monoisotopic (exact) mass is 237 g/mol. The molecule has 1 N–H and O–H groups in total. The highest BCUT2D eigenvalue weighted by Gasteiger charge is 2.49. The van der Waals surface area contributed by atoms with Crippen LogP contribution in [0.3, 0.4) is 0 Å². The largest absolute Gasteiger partial charge is 0.391 e. The van der Waals surface area contributed by atoms with Gasteiger partial charge >= 0.3 is 0 Å². The zero-order chi connectivity index (χ0) is 12.0. The summed E-state index contributed by atoms with van der Waals surface area (Å²) in [6.07, 6.45) is 7.37. The number of hydrogen-bond acceptors (Lipinski definition) is 2. The van der Waals surface area contributed by atoms with Crippen molar-refractivity contribution in [1.29, 1.82) is 0 Å². The number of amides is 1. The molecule has 96 valence electrons. The van der Waals surface area contributed by atoms with E-state index in [0.29, 0.717) is 5.91 Å². The third-order valence-electron chi connectivity index (χ3n) is 5.13. The second kappa shape index (κ2) is 4.27. The third kappa shape index (κ3) is 2.10. The Bertz CT molecular complexity index is 307. The minimum Gasteiger partial charge on any atom is -0.391 e. The van der Waals surface area contributed by atoms with Gasteiger partial charge in [-0.05, 0) is 43.9 Å². The summed E-state index contributed by atoms with van der Waals surface area (Å²) in [5.41, 5.74) is 0. The maximum absolute atomic E-state index is 12.4. The molecule has 0 radical (unpaired) electrons. The van der Waals surface area contributed by atoms with Gasteiger partial charge in [0.25, 0.3) is 0 Å². The molecule has 3 aliphatic rings. The summed E-state index contributed by atoms with van der Waals surface area (Å²) in [6.45, 7) is 0. The molecular weight excluding hydrogens is 214 g/mol. The Morgan fingerprint density at radius 1 is 1.12 bits per heavy atom. The standard InChI is InChI=1S/C14H23NO2/c1-15(12-4-2-3-5-13(12)16)14(17)11-7-9-6-10(9)8-11/h9-13,16H,2-8H2,1H3. The Morgan fingerprint density at radius 2 is 1.76 bits per heavy atom. The van der Waals surface area contributed by atoms with Crippen molar-refractivity contribution in [3.8, 4) is 0 Å². The van der Waals surface area contributed by atoms with Crippen LogP contribution >= 0.6 is 0 Å². The number of carbonyl (C=O) groups is 1. The van der Waals surface area contributed by atoms with E-state index in [1.54, 1.807) is 0 Å². The number of hydrogen-bond donors (Lipinski definition) is 1. The van der Waals surface area contributed by atoms with Crippen molar-refractivity contribution in [1.82, 2.24) is 4.90 Å². The molecule has 0 heterocycles. The van der Waals surface area contributed by atoms with E-state index < -0.39 is 0 Å². The number of aliphatic hydroxyl groups is 1. The molecule has 0 aromatic rings. The van der Waals surface area contributed by atoms with Crippen LogP contribution in [0.4, 0.5) is 0 Å². The van der Waals surface area contributed by atoms with Crippen LogP contribution in [0.25, 0.3) is 0 Å². The van der Waals surface area contributed by atoms with E-state index in [4.69, 9.17) is 0 Å². The fourth-order valence-corrected chi connectivity index (χ4v) is 3.91. The van der Waals surface area contributed by atoms with Gasteiger partial charge in [0.05, 0.1) is 12.1 Å². The smallest absolute Gasteiger partial charge is 0.225 e. The number of nitrogens with zero attached hydrogens (tertiary/aromatic N) is 1. The second-order valence-corrected chi connectivity index (χ2v) is 6.29. The maximum Gasteiger partial charge on any atom is 0.225 e. The number of likely N-dealkylation sites (N-methyl/N-ethyl adjacent to an activating group) is 1. The van der Waals surface area contributed by atoms with Crippen LogP contribution in [0.2, 0.25) is 0 Å². The van der Waals surface area contributed by atoms with Crippen molar-refractivity contribution in [2.75, 3.05) is 7.05 Å². The molecule has 0 aromatic carbocycles. The molecule has 3 nitrogen and oxygen atoms in total. The van der Waals surface area contributed by atoms with Crippen LogP contribution in [0.1, 0.15) is 44.9 Å². The van der Waals surface area contributed by atoms with Crippen LogP contribution < -0.4 is 0 Å². The summed E-state index contributed by atoms with van der Waals surface area (Å²) < 4.78 is 0. The van der Waals surface area contributed by atoms with Gasteiger partial charge < -0.3 is 10.0 Å². The van der Waals surface area contributed by atoms with Gasteiger partial charge in [-0.15, -0.1) is 0 Å². The van der Waals surface area contributed by atoms with Gasteiger partial charge in [-0.1, -0.05) is 12.8 Å². The lowest BCUT2D eigenvalue weighted by molar-refractivity contribution is -0.139. The topological polar surface area (TPSA) is 40.5 Å². The minimum absolute atomic E-state index is 0.0770. The maximum atomic E-state index is 12.4. The number of aliphatic hydroxyl groups excluding tert-OH is 1. The molecule has 1 amide bonds. The lowest BCUT2D eigenvalue weighted by Crippen LogP contribution is -2.48. The van der Waals surface area contributed by atoms with Crippen LogP contribution in [-0.4, -0.2) is 35.1 Å². The van der Waals surface area contributed by atoms with E-state index in [0.717, 1.165) is 50.4 Å². The molecule has 0 aliphatic heterocycles. The summed E-state index contributed by atoms with van der Waals surface area (Å²) in [6, 6.07) is 0.0770. The van der Waals surface area contributed by atoms with Gasteiger partial charge in [-0.25, -0.2) is 0 Å². The van der Waals surface area contributed by atoms with Gasteiger partial charge in [0.2, 0.25) is 5.91 Å². The SMILES string of the molecule is CN(C(=O)C1CC2CC2C1)C1CCCCC1O. The van der Waals surface area contributed by atoms with Crippen molar-refractivity contribution in [2.24, 2.45) is 17.8 Å². The van der Waals surface area contributed by atoms with E-state index in [9.17, 15) is 9.90 Å². The van der Waals surface area contributed by atoms with Gasteiger partial charge in [0.15, 0.2) is 0 Å². The van der Waals surface area contributed by atoms with Gasteiger partial charge in [-0.3, -0.25) is 4.79 Å². The molecule has 0 saturated heterocycles. The zero-order valence-electron chi connectivity index (χ0n) is 10.6. The Hall–Kier alpha value is -0.570. The van der Waals surface area contributed by atoms with E-state index in [-0.39, 0.29) is 18.1 Å². The predicted octanol–water partition coefficient (Wildman–Crippen LogP) is 1.79. The molecule has 4 atom stereocenters. The first-order valence-electron chi connectivity index (χ1n) is 7.11. The Morgan fingerprint density at radius 3 is 2.41 bits per heavy atom. The van der Waals surface area contributed by atoms with Gasteiger partial charge in [0.1, 0.15) is 0 Å². The number of fused-ring (bicyclic) bond motifs is 1. The average Bonchev–Trinajstić information content (AvgIpc) is 2.95. The van der Waals surface area contributed by atoms with E-state index in [2.05, 4.69) is 0 Å². The molecule has 3 rings (SSSR count). The van der Waals surface area contributed by atoms with Crippen molar-refractivity contribution in [3.63, 3.8) is 0 Å². The molecule has 3 saturated carbocycles. The first-order chi connectivity index (χ1) is 8.16. The first kappa shape index (κ1) is 11.5. The van der Waals surface area contributed by atoms with Crippen molar-refractivity contribution >= 4 is 5.91 Å². The van der Waals surface area contributed by atoms with E-state index >= 15 is 0 Å². The molecule has 0 spiro atoms. The summed E-state index contributed by atoms with van der Waals surface area (Å²) in [5, 5.41) is 10.00. The highest BCUT2D eigenvalue weighted by molar-refractivity contribution is 5.79. The van der Waals surface area contributed by atoms with E-state index in [1.807, 2.05) is 11.9 Å². The molecule has 4 unspecified atom stereocenters. The van der Waals surface area contributed by atoms with Crippen molar-refractivity contribution in [3.05, 3.63) is 0 Å². The summed E-state index contributed by atoms with van der Waals surface area (Å²) in [5.74, 6) is 2.27. The molecule has 3 aliphatic carbocycles. The summed E-state index contributed by atoms with van der Waals surface area (Å²) >= 11 is 0. The van der Waals surface area contributed by atoms with Crippen molar-refractivity contribution < 1.29 is 9.90 Å². The molecule has 0 bridgehead atoms. The van der Waals surface area contributed by atoms with Gasteiger partial charge in [0, 0.05) is 13.0 Å². The van der Waals surface area contributed by atoms with Gasteiger partial charge in [-0.2, -0.15) is 0 Å². The van der Waals surface area contributed by atoms with Crippen LogP contribution in [0, 0.1) is 17.8 Å². The number of rotatable bonds is 2. The molecule has 3 fully saturated rings. The summed E-state index contributed by atoms with van der Waals surface area (Å²) in [4.78, 5) is 14.2. The third-order valence-corrected chi connectivity index (χ3v) is 5.13. The number of carbonyl (C=O) groups excluding carboxylic acids is 1. The Labute approximate surface area is 103 Å². The minimum atomic E-state index is -0.298. The van der Waals surface area contributed by atoms with Crippen molar-refractivity contribution in [2.45, 2.75) is 57.1 Å². The highest BCUT2D eigenvalue weighted by Crippen LogP contribution is 2.54. The molecule has 3 heteroatoms. The molecule has 17 heavy (non-hydrogen) atoms.